The summed E-state index contributed by atoms with van der Waals surface area (Å²) < 4.78 is 0. The highest BCUT2D eigenvalue weighted by Gasteiger charge is 2.53. The average molecular weight is 222 g/mol. The van der Waals surface area contributed by atoms with Crippen molar-refractivity contribution in [2.75, 3.05) is 0 Å². The molecule has 0 saturated heterocycles. The molecule has 1 aliphatic carbocycles. The van der Waals surface area contributed by atoms with Gasteiger partial charge in [0.2, 0.25) is 0 Å². The lowest BCUT2D eigenvalue weighted by atomic mass is 9.50. The van der Waals surface area contributed by atoms with Crippen molar-refractivity contribution < 1.29 is 5.11 Å². The molecule has 0 fully saturated rings. The number of allylic oxidation sites excluding steroid dienone is 4. The van der Waals surface area contributed by atoms with Gasteiger partial charge in [-0.25, -0.2) is 0 Å². The van der Waals surface area contributed by atoms with Crippen LogP contribution < -0.4 is 0 Å². The van der Waals surface area contributed by atoms with Crippen molar-refractivity contribution in [2.24, 2.45) is 16.2 Å². The normalized spacial score (nSPS) is 21.4. The van der Waals surface area contributed by atoms with Gasteiger partial charge in [0.25, 0.3) is 0 Å². The van der Waals surface area contributed by atoms with Crippen LogP contribution in [0.15, 0.2) is 23.5 Å². The molecule has 0 bridgehead atoms. The Morgan fingerprint density at radius 3 is 1.81 bits per heavy atom. The fraction of sp³-hybridized carbons (Fsp3) is 0.733. The predicted molar refractivity (Wildman–Crippen MR) is 70.4 cm³/mol. The van der Waals surface area contributed by atoms with E-state index >= 15 is 0 Å². The molecule has 1 N–H and O–H groups in total. The molecule has 0 unspecified atom stereocenters. The highest BCUT2D eigenvalue weighted by atomic mass is 16.3. The summed E-state index contributed by atoms with van der Waals surface area (Å²) in [5.41, 5.74) is 0.928. The van der Waals surface area contributed by atoms with Gasteiger partial charge in [0, 0.05) is 5.41 Å². The molecule has 0 heterocycles. The van der Waals surface area contributed by atoms with Crippen LogP contribution in [-0.2, 0) is 0 Å². The minimum atomic E-state index is -0.168. The van der Waals surface area contributed by atoms with Crippen LogP contribution in [0.3, 0.4) is 0 Å². The molecule has 0 aromatic rings. The zero-order chi connectivity index (χ0) is 12.8. The number of aliphatic hydroxyl groups is 1. The Bertz CT molecular complexity index is 317. The van der Waals surface area contributed by atoms with Crippen LogP contribution in [0.5, 0.6) is 0 Å². The molecule has 0 atom stereocenters. The Kier molecular flexibility index (Phi) is 3.04. The molecule has 0 amide bonds. The fourth-order valence-electron chi connectivity index (χ4n) is 3.37. The van der Waals surface area contributed by atoms with Crippen LogP contribution in [0.2, 0.25) is 0 Å². The van der Waals surface area contributed by atoms with Gasteiger partial charge in [0.15, 0.2) is 0 Å². The molecule has 0 aromatic carbocycles. The van der Waals surface area contributed by atoms with Crippen molar-refractivity contribution >= 4 is 0 Å². The number of aliphatic hydroxyl groups excluding tert-OH is 1. The molecular formula is C15H26O. The van der Waals surface area contributed by atoms with E-state index in [-0.39, 0.29) is 16.2 Å². The van der Waals surface area contributed by atoms with Crippen LogP contribution >= 0.6 is 0 Å². The van der Waals surface area contributed by atoms with Crippen LogP contribution in [0.4, 0.5) is 0 Å². The second kappa shape index (κ2) is 3.65. The maximum Gasteiger partial charge on any atom is 0.103 e. The van der Waals surface area contributed by atoms with Gasteiger partial charge >= 0.3 is 0 Å². The zero-order valence-corrected chi connectivity index (χ0v) is 11.8. The molecule has 0 radical (unpaired) electrons. The van der Waals surface area contributed by atoms with Crippen molar-refractivity contribution in [3.8, 4) is 0 Å². The molecule has 0 aromatic heterocycles. The number of hydrogen-bond donors (Lipinski definition) is 1. The summed E-state index contributed by atoms with van der Waals surface area (Å²) in [6.07, 6.45) is 5.15. The standard InChI is InChI=1S/C15H26O/c1-11-9-8-10-15(12(11)16,13(2,3)4)14(5,6)7/h8-9,16H,10H2,1-7H3. The molecule has 1 heteroatoms. The van der Waals surface area contributed by atoms with Gasteiger partial charge in [-0.1, -0.05) is 53.7 Å². The van der Waals surface area contributed by atoms with E-state index in [9.17, 15) is 5.11 Å². The molecule has 1 aliphatic rings. The van der Waals surface area contributed by atoms with E-state index < -0.39 is 0 Å². The fourth-order valence-corrected chi connectivity index (χ4v) is 3.37. The average Bonchev–Trinajstić information content (AvgIpc) is 2.05. The second-order valence-electron chi connectivity index (χ2n) is 7.04. The van der Waals surface area contributed by atoms with Gasteiger partial charge < -0.3 is 5.11 Å². The molecule has 0 saturated carbocycles. The zero-order valence-electron chi connectivity index (χ0n) is 11.8. The van der Waals surface area contributed by atoms with Gasteiger partial charge in [0.05, 0.1) is 0 Å². The van der Waals surface area contributed by atoms with Crippen molar-refractivity contribution in [1.29, 1.82) is 0 Å². The predicted octanol–water partition coefficient (Wildman–Crippen LogP) is 4.86. The van der Waals surface area contributed by atoms with Crippen LogP contribution in [0.1, 0.15) is 54.9 Å². The van der Waals surface area contributed by atoms with Gasteiger partial charge in [-0.3, -0.25) is 0 Å². The Balaban J connectivity index is 3.46. The molecule has 92 valence electrons. The monoisotopic (exact) mass is 222 g/mol. The van der Waals surface area contributed by atoms with E-state index in [1.165, 1.54) is 0 Å². The SMILES string of the molecule is CC1=C(O)C(C(C)(C)C)(C(C)(C)C)CC=C1. The Hall–Kier alpha value is -0.720. The summed E-state index contributed by atoms with van der Waals surface area (Å²) in [5, 5.41) is 10.6. The smallest absolute Gasteiger partial charge is 0.103 e. The number of rotatable bonds is 0. The summed E-state index contributed by atoms with van der Waals surface area (Å²) in [4.78, 5) is 0. The third kappa shape index (κ3) is 1.70. The summed E-state index contributed by atoms with van der Waals surface area (Å²) in [5.74, 6) is 0.579. The van der Waals surface area contributed by atoms with E-state index in [1.807, 2.05) is 13.0 Å². The summed E-state index contributed by atoms with van der Waals surface area (Å²) >= 11 is 0. The summed E-state index contributed by atoms with van der Waals surface area (Å²) in [6, 6.07) is 0. The molecule has 1 nitrogen and oxygen atoms in total. The van der Waals surface area contributed by atoms with E-state index in [2.05, 4.69) is 47.6 Å². The highest BCUT2D eigenvalue weighted by molar-refractivity contribution is 5.33. The van der Waals surface area contributed by atoms with Crippen molar-refractivity contribution in [1.82, 2.24) is 0 Å². The summed E-state index contributed by atoms with van der Waals surface area (Å²) in [7, 11) is 0. The summed E-state index contributed by atoms with van der Waals surface area (Å²) in [6.45, 7) is 15.3. The van der Waals surface area contributed by atoms with Gasteiger partial charge in [-0.05, 0) is 29.7 Å². The lowest BCUT2D eigenvalue weighted by Gasteiger charge is -2.54. The number of hydrogen-bond acceptors (Lipinski definition) is 1. The highest BCUT2D eigenvalue weighted by Crippen LogP contribution is 2.59. The van der Waals surface area contributed by atoms with E-state index in [0.29, 0.717) is 5.76 Å². The van der Waals surface area contributed by atoms with Crippen LogP contribution in [0, 0.1) is 16.2 Å². The molecule has 16 heavy (non-hydrogen) atoms. The minimum Gasteiger partial charge on any atom is -0.511 e. The minimum absolute atomic E-state index is 0.0430. The van der Waals surface area contributed by atoms with Gasteiger partial charge in [-0.2, -0.15) is 0 Å². The molecule has 0 aliphatic heterocycles. The topological polar surface area (TPSA) is 20.2 Å². The maximum atomic E-state index is 10.6. The van der Waals surface area contributed by atoms with Crippen molar-refractivity contribution in [3.05, 3.63) is 23.5 Å². The first kappa shape index (κ1) is 13.3. The van der Waals surface area contributed by atoms with Crippen molar-refractivity contribution in [3.63, 3.8) is 0 Å². The lowest BCUT2D eigenvalue weighted by Crippen LogP contribution is -2.48. The van der Waals surface area contributed by atoms with Gasteiger partial charge in [-0.15, -0.1) is 0 Å². The van der Waals surface area contributed by atoms with E-state index in [0.717, 1.165) is 12.0 Å². The van der Waals surface area contributed by atoms with Crippen LogP contribution in [-0.4, -0.2) is 5.11 Å². The Morgan fingerprint density at radius 1 is 1.06 bits per heavy atom. The maximum absolute atomic E-state index is 10.6. The van der Waals surface area contributed by atoms with Crippen molar-refractivity contribution in [2.45, 2.75) is 54.9 Å². The molecule has 0 spiro atoms. The largest absolute Gasteiger partial charge is 0.511 e. The first-order valence-electron chi connectivity index (χ1n) is 6.11. The first-order chi connectivity index (χ1) is 7.04. The Morgan fingerprint density at radius 2 is 1.50 bits per heavy atom. The third-order valence-electron chi connectivity index (χ3n) is 4.13. The molecule has 1 rings (SSSR count). The lowest BCUT2D eigenvalue weighted by molar-refractivity contribution is -0.0309. The third-order valence-corrected chi connectivity index (χ3v) is 4.13. The quantitative estimate of drug-likeness (QED) is 0.620. The van der Waals surface area contributed by atoms with Gasteiger partial charge in [0.1, 0.15) is 5.76 Å². The molecular weight excluding hydrogens is 196 g/mol. The van der Waals surface area contributed by atoms with E-state index in [1.54, 1.807) is 0 Å². The van der Waals surface area contributed by atoms with E-state index in [4.69, 9.17) is 0 Å². The Labute approximate surface area is 100 Å². The van der Waals surface area contributed by atoms with Crippen LogP contribution in [0.25, 0.3) is 0 Å². The second-order valence-corrected chi connectivity index (χ2v) is 7.04. The first-order valence-corrected chi connectivity index (χ1v) is 6.11.